The molecule has 0 amide bonds. The maximum atomic E-state index is 4.49. The van der Waals surface area contributed by atoms with Gasteiger partial charge in [0, 0.05) is 24.7 Å². The lowest BCUT2D eigenvalue weighted by Crippen LogP contribution is -2.42. The van der Waals surface area contributed by atoms with Crippen molar-refractivity contribution in [2.24, 2.45) is 4.99 Å². The molecule has 0 radical (unpaired) electrons. The third kappa shape index (κ3) is 13.9. The first-order chi connectivity index (χ1) is 7.35. The van der Waals surface area contributed by atoms with Gasteiger partial charge in [-0.3, -0.25) is 4.99 Å². The molecule has 0 bridgehead atoms. The molecule has 0 fully saturated rings. The van der Waals surface area contributed by atoms with Crippen LogP contribution in [0.5, 0.6) is 0 Å². The Bertz CT molecular complexity index is 209. The van der Waals surface area contributed by atoms with Crippen LogP contribution in [0.25, 0.3) is 0 Å². The third-order valence-corrected chi connectivity index (χ3v) is 1.81. The largest absolute Gasteiger partial charge is 0.357 e. The van der Waals surface area contributed by atoms with E-state index in [-0.39, 0.29) is 29.5 Å². The minimum Gasteiger partial charge on any atom is -0.357 e. The molecule has 3 N–H and O–H groups in total. The number of hydrogen-bond acceptors (Lipinski definition) is 2. The highest BCUT2D eigenvalue weighted by Gasteiger charge is 2.07. The molecule has 0 aromatic carbocycles. The molecule has 5 heteroatoms. The molecule has 0 aromatic rings. The van der Waals surface area contributed by atoms with Crippen LogP contribution in [-0.2, 0) is 0 Å². The fourth-order valence-electron chi connectivity index (χ4n) is 1.19. The maximum absolute atomic E-state index is 4.49. The molecule has 0 aliphatic carbocycles. The summed E-state index contributed by atoms with van der Waals surface area (Å²) < 4.78 is 0. The van der Waals surface area contributed by atoms with Gasteiger partial charge in [-0.15, -0.1) is 24.0 Å². The summed E-state index contributed by atoms with van der Waals surface area (Å²) in [5, 5.41) is 9.92. The Morgan fingerprint density at radius 3 is 2.24 bits per heavy atom. The molecule has 0 saturated heterocycles. The summed E-state index contributed by atoms with van der Waals surface area (Å²) in [6.07, 6.45) is 0. The molecule has 0 rings (SSSR count). The highest BCUT2D eigenvalue weighted by molar-refractivity contribution is 14.0. The number of halogens is 1. The summed E-state index contributed by atoms with van der Waals surface area (Å²) in [5.74, 6) is 0.896. The van der Waals surface area contributed by atoms with Crippen LogP contribution in [0.15, 0.2) is 4.99 Å². The van der Waals surface area contributed by atoms with Gasteiger partial charge in [-0.1, -0.05) is 0 Å². The molecule has 0 atom stereocenters. The van der Waals surface area contributed by atoms with E-state index in [0.717, 1.165) is 25.6 Å². The van der Waals surface area contributed by atoms with E-state index >= 15 is 0 Å². The van der Waals surface area contributed by atoms with Gasteiger partial charge in [-0.2, -0.15) is 0 Å². The van der Waals surface area contributed by atoms with Gasteiger partial charge >= 0.3 is 0 Å². The second-order valence-corrected chi connectivity index (χ2v) is 5.24. The molecule has 104 valence electrons. The lowest BCUT2D eigenvalue weighted by atomic mass is 10.1. The van der Waals surface area contributed by atoms with Gasteiger partial charge in [-0.25, -0.2) is 0 Å². The summed E-state index contributed by atoms with van der Waals surface area (Å²) in [7, 11) is 0. The molecule has 17 heavy (non-hydrogen) atoms. The van der Waals surface area contributed by atoms with Crippen LogP contribution in [-0.4, -0.2) is 37.2 Å². The number of aliphatic imine (C=N–C) groups is 1. The molecule has 0 saturated carbocycles. The first-order valence-corrected chi connectivity index (χ1v) is 6.15. The highest BCUT2D eigenvalue weighted by atomic mass is 127. The van der Waals surface area contributed by atoms with Gasteiger partial charge < -0.3 is 16.0 Å². The molecule has 0 unspecified atom stereocenters. The van der Waals surface area contributed by atoms with Crippen LogP contribution in [0.4, 0.5) is 0 Å². The topological polar surface area (TPSA) is 48.5 Å². The first kappa shape index (κ1) is 19.3. The predicted octanol–water partition coefficient (Wildman–Crippen LogP) is 1.96. The van der Waals surface area contributed by atoms with Crippen molar-refractivity contribution in [3.8, 4) is 0 Å². The first-order valence-electron chi connectivity index (χ1n) is 6.15. The van der Waals surface area contributed by atoms with Crippen molar-refractivity contribution in [2.45, 2.75) is 53.1 Å². The lowest BCUT2D eigenvalue weighted by Gasteiger charge is -2.20. The third-order valence-electron chi connectivity index (χ3n) is 1.81. The van der Waals surface area contributed by atoms with Crippen molar-refractivity contribution >= 4 is 29.9 Å². The highest BCUT2D eigenvalue weighted by Crippen LogP contribution is 1.96. The van der Waals surface area contributed by atoms with Gasteiger partial charge in [0.05, 0.1) is 6.54 Å². The Balaban J connectivity index is 0. The van der Waals surface area contributed by atoms with Crippen molar-refractivity contribution in [1.29, 1.82) is 0 Å². The summed E-state index contributed by atoms with van der Waals surface area (Å²) in [5.41, 5.74) is 0.166. The Kier molecular flexibility index (Phi) is 11.3. The molecule has 0 aliphatic heterocycles. The summed E-state index contributed by atoms with van der Waals surface area (Å²) in [4.78, 5) is 4.49. The molecule has 0 spiro atoms. The Hall–Kier alpha value is -0.0400. The smallest absolute Gasteiger partial charge is 0.191 e. The number of guanidine groups is 1. The minimum atomic E-state index is 0. The molecule has 0 aliphatic rings. The average Bonchev–Trinajstić information content (AvgIpc) is 2.10. The summed E-state index contributed by atoms with van der Waals surface area (Å²) in [6.45, 7) is 15.4. The van der Waals surface area contributed by atoms with Gasteiger partial charge in [-0.05, 0) is 41.5 Å². The van der Waals surface area contributed by atoms with Crippen molar-refractivity contribution in [2.75, 3.05) is 19.6 Å². The number of nitrogens with zero attached hydrogens (tertiary/aromatic N) is 1. The zero-order valence-corrected chi connectivity index (χ0v) is 14.4. The van der Waals surface area contributed by atoms with E-state index < -0.39 is 0 Å². The Morgan fingerprint density at radius 2 is 1.82 bits per heavy atom. The maximum Gasteiger partial charge on any atom is 0.191 e. The van der Waals surface area contributed by atoms with Crippen LogP contribution in [0.3, 0.4) is 0 Å². The number of hydrogen-bond donors (Lipinski definition) is 3. The normalized spacial score (nSPS) is 12.3. The van der Waals surface area contributed by atoms with Crippen molar-refractivity contribution in [1.82, 2.24) is 16.0 Å². The van der Waals surface area contributed by atoms with Gasteiger partial charge in [0.2, 0.25) is 0 Å². The second-order valence-electron chi connectivity index (χ2n) is 5.24. The van der Waals surface area contributed by atoms with E-state index in [0.29, 0.717) is 6.04 Å². The van der Waals surface area contributed by atoms with Crippen LogP contribution in [0.1, 0.15) is 41.5 Å². The molecular weight excluding hydrogens is 327 g/mol. The average molecular weight is 356 g/mol. The van der Waals surface area contributed by atoms with E-state index in [9.17, 15) is 0 Å². The number of rotatable bonds is 5. The van der Waals surface area contributed by atoms with E-state index in [2.05, 4.69) is 62.5 Å². The zero-order chi connectivity index (χ0) is 12.6. The van der Waals surface area contributed by atoms with E-state index in [4.69, 9.17) is 0 Å². The van der Waals surface area contributed by atoms with Crippen molar-refractivity contribution < 1.29 is 0 Å². The predicted molar refractivity (Wildman–Crippen MR) is 87.4 cm³/mol. The Morgan fingerprint density at radius 1 is 1.24 bits per heavy atom. The minimum absolute atomic E-state index is 0. The summed E-state index contributed by atoms with van der Waals surface area (Å²) in [6, 6.07) is 0.411. The zero-order valence-electron chi connectivity index (χ0n) is 12.1. The monoisotopic (exact) mass is 356 g/mol. The number of nitrogens with one attached hydrogen (secondary N) is 3. The fourth-order valence-corrected chi connectivity index (χ4v) is 1.19. The molecule has 0 heterocycles. The molecular formula is C12H29IN4. The van der Waals surface area contributed by atoms with Crippen LogP contribution in [0, 0.1) is 0 Å². The SMILES string of the molecule is CCNC(=NCCNC(C)(C)C)NC(C)C.I. The lowest BCUT2D eigenvalue weighted by molar-refractivity contribution is 0.432. The quantitative estimate of drug-likeness (QED) is 0.306. The van der Waals surface area contributed by atoms with Crippen LogP contribution in [0.2, 0.25) is 0 Å². The van der Waals surface area contributed by atoms with Gasteiger partial charge in [0.15, 0.2) is 5.96 Å². The Labute approximate surface area is 123 Å². The molecule has 4 nitrogen and oxygen atoms in total. The van der Waals surface area contributed by atoms with Crippen LogP contribution < -0.4 is 16.0 Å². The van der Waals surface area contributed by atoms with Gasteiger partial charge in [0.25, 0.3) is 0 Å². The standard InChI is InChI=1S/C12H28N4.HI/c1-7-13-11(16-10(2)3)14-8-9-15-12(4,5)6;/h10,15H,7-9H2,1-6H3,(H2,13,14,16);1H. The van der Waals surface area contributed by atoms with E-state index in [1.807, 2.05) is 0 Å². The summed E-state index contributed by atoms with van der Waals surface area (Å²) >= 11 is 0. The van der Waals surface area contributed by atoms with E-state index in [1.54, 1.807) is 0 Å². The second kappa shape index (κ2) is 9.94. The van der Waals surface area contributed by atoms with Crippen molar-refractivity contribution in [3.05, 3.63) is 0 Å². The molecule has 0 aromatic heterocycles. The van der Waals surface area contributed by atoms with E-state index in [1.165, 1.54) is 0 Å². The fraction of sp³-hybridized carbons (Fsp3) is 0.917. The van der Waals surface area contributed by atoms with Crippen LogP contribution >= 0.6 is 24.0 Å². The van der Waals surface area contributed by atoms with Gasteiger partial charge in [0.1, 0.15) is 0 Å². The van der Waals surface area contributed by atoms with Crippen molar-refractivity contribution in [3.63, 3.8) is 0 Å².